The molecule has 1 aromatic rings. The van der Waals surface area contributed by atoms with Crippen LogP contribution in [0.5, 0.6) is 0 Å². The number of carbonyl (C=O) groups is 1. The zero-order valence-electron chi connectivity index (χ0n) is 11.3. The second-order valence-corrected chi connectivity index (χ2v) is 5.03. The Bertz CT molecular complexity index is 418. The number of aromatic nitrogens is 2. The molecule has 5 heteroatoms. The molecule has 0 saturated carbocycles. The van der Waals surface area contributed by atoms with Crippen molar-refractivity contribution in [2.45, 2.75) is 26.8 Å². The van der Waals surface area contributed by atoms with Gasteiger partial charge in [0.1, 0.15) is 5.78 Å². The largest absolute Gasteiger partial charge is 0.338 e. The molecule has 1 atom stereocenters. The molecule has 1 aliphatic heterocycles. The predicted octanol–water partition coefficient (Wildman–Crippen LogP) is 0.885. The van der Waals surface area contributed by atoms with Crippen molar-refractivity contribution in [2.24, 2.45) is 0 Å². The van der Waals surface area contributed by atoms with E-state index in [9.17, 15) is 4.79 Å². The van der Waals surface area contributed by atoms with Gasteiger partial charge in [0.25, 0.3) is 0 Å². The second-order valence-electron chi connectivity index (χ2n) is 5.03. The molecule has 1 saturated heterocycles. The summed E-state index contributed by atoms with van der Waals surface area (Å²) in [6.45, 7) is 8.95. The molecule has 1 aliphatic rings. The Hall–Kier alpha value is -1.49. The van der Waals surface area contributed by atoms with Crippen molar-refractivity contribution >= 4 is 11.7 Å². The lowest BCUT2D eigenvalue weighted by Gasteiger charge is -2.39. The van der Waals surface area contributed by atoms with Crippen molar-refractivity contribution in [3.05, 3.63) is 18.0 Å². The van der Waals surface area contributed by atoms with E-state index in [0.29, 0.717) is 12.6 Å². The highest BCUT2D eigenvalue weighted by Gasteiger charge is 2.25. The monoisotopic (exact) mass is 248 g/mol. The molecule has 0 spiro atoms. The van der Waals surface area contributed by atoms with Crippen molar-refractivity contribution in [1.82, 2.24) is 14.9 Å². The summed E-state index contributed by atoms with van der Waals surface area (Å²) < 4.78 is 0. The molecular formula is C13H20N4O. The predicted molar refractivity (Wildman–Crippen MR) is 70.7 cm³/mol. The number of aryl methyl sites for hydroxylation is 1. The van der Waals surface area contributed by atoms with Gasteiger partial charge in [-0.2, -0.15) is 0 Å². The van der Waals surface area contributed by atoms with Gasteiger partial charge in [0.2, 0.25) is 5.95 Å². The smallest absolute Gasteiger partial charge is 0.225 e. The number of nitrogens with zero attached hydrogens (tertiary/aromatic N) is 4. The zero-order chi connectivity index (χ0) is 13.1. The van der Waals surface area contributed by atoms with E-state index >= 15 is 0 Å². The maximum atomic E-state index is 11.2. The zero-order valence-corrected chi connectivity index (χ0v) is 11.3. The SMILES string of the molecule is CC(=O)CN1CCN(c2ncc(C)cn2)CC1C. The van der Waals surface area contributed by atoms with Gasteiger partial charge < -0.3 is 4.90 Å². The van der Waals surface area contributed by atoms with Crippen LogP contribution in [0, 0.1) is 6.92 Å². The minimum atomic E-state index is 0.224. The molecule has 2 heterocycles. The Morgan fingerprint density at radius 2 is 2.06 bits per heavy atom. The molecule has 0 bridgehead atoms. The Morgan fingerprint density at radius 1 is 1.39 bits per heavy atom. The first-order valence-corrected chi connectivity index (χ1v) is 6.33. The number of carbonyl (C=O) groups excluding carboxylic acids is 1. The van der Waals surface area contributed by atoms with Crippen LogP contribution in [0.4, 0.5) is 5.95 Å². The lowest BCUT2D eigenvalue weighted by Crippen LogP contribution is -2.53. The van der Waals surface area contributed by atoms with E-state index in [1.165, 1.54) is 0 Å². The summed E-state index contributed by atoms with van der Waals surface area (Å²) in [4.78, 5) is 24.3. The first kappa shape index (κ1) is 13.0. The van der Waals surface area contributed by atoms with Gasteiger partial charge in [-0.15, -0.1) is 0 Å². The third kappa shape index (κ3) is 3.04. The lowest BCUT2D eigenvalue weighted by molar-refractivity contribution is -0.118. The van der Waals surface area contributed by atoms with Crippen LogP contribution in [0.1, 0.15) is 19.4 Å². The highest BCUT2D eigenvalue weighted by atomic mass is 16.1. The van der Waals surface area contributed by atoms with E-state index in [4.69, 9.17) is 0 Å². The van der Waals surface area contributed by atoms with Crippen molar-refractivity contribution in [3.63, 3.8) is 0 Å². The molecule has 98 valence electrons. The summed E-state index contributed by atoms with van der Waals surface area (Å²) in [5.74, 6) is 1.01. The summed E-state index contributed by atoms with van der Waals surface area (Å²) in [5.41, 5.74) is 1.07. The molecule has 0 N–H and O–H groups in total. The van der Waals surface area contributed by atoms with Crippen LogP contribution >= 0.6 is 0 Å². The van der Waals surface area contributed by atoms with E-state index in [1.54, 1.807) is 6.92 Å². The average Bonchev–Trinajstić information content (AvgIpc) is 2.32. The molecule has 1 unspecified atom stereocenters. The van der Waals surface area contributed by atoms with Gasteiger partial charge in [-0.05, 0) is 26.3 Å². The van der Waals surface area contributed by atoms with Crippen LogP contribution in [-0.2, 0) is 4.79 Å². The van der Waals surface area contributed by atoms with Crippen molar-refractivity contribution in [3.8, 4) is 0 Å². The van der Waals surface area contributed by atoms with E-state index < -0.39 is 0 Å². The molecule has 2 rings (SSSR count). The molecular weight excluding hydrogens is 228 g/mol. The Morgan fingerprint density at radius 3 is 2.61 bits per heavy atom. The van der Waals surface area contributed by atoms with E-state index in [1.807, 2.05) is 19.3 Å². The number of piperazine rings is 1. The normalized spacial score (nSPS) is 21.1. The Kier molecular flexibility index (Phi) is 3.91. The van der Waals surface area contributed by atoms with Gasteiger partial charge in [-0.3, -0.25) is 9.69 Å². The highest BCUT2D eigenvalue weighted by Crippen LogP contribution is 2.14. The fourth-order valence-electron chi connectivity index (χ4n) is 2.25. The van der Waals surface area contributed by atoms with E-state index in [2.05, 4.69) is 26.7 Å². The van der Waals surface area contributed by atoms with Gasteiger partial charge in [0.15, 0.2) is 0 Å². The van der Waals surface area contributed by atoms with Crippen LogP contribution in [-0.4, -0.2) is 52.9 Å². The number of rotatable bonds is 3. The van der Waals surface area contributed by atoms with Crippen molar-refractivity contribution < 1.29 is 4.79 Å². The maximum absolute atomic E-state index is 11.2. The molecule has 18 heavy (non-hydrogen) atoms. The van der Waals surface area contributed by atoms with E-state index in [-0.39, 0.29) is 5.78 Å². The number of Topliss-reactive ketones (excluding diaryl/α,β-unsaturated/α-hetero) is 1. The summed E-state index contributed by atoms with van der Waals surface area (Å²) in [6.07, 6.45) is 3.68. The molecule has 0 aliphatic carbocycles. The maximum Gasteiger partial charge on any atom is 0.225 e. The molecule has 1 fully saturated rings. The van der Waals surface area contributed by atoms with Crippen molar-refractivity contribution in [1.29, 1.82) is 0 Å². The molecule has 0 amide bonds. The number of ketones is 1. The molecule has 5 nitrogen and oxygen atoms in total. The third-order valence-electron chi connectivity index (χ3n) is 3.24. The van der Waals surface area contributed by atoms with Crippen LogP contribution in [0.25, 0.3) is 0 Å². The Labute approximate surface area is 108 Å². The van der Waals surface area contributed by atoms with Crippen LogP contribution in [0.2, 0.25) is 0 Å². The minimum Gasteiger partial charge on any atom is -0.338 e. The molecule has 0 radical (unpaired) electrons. The topological polar surface area (TPSA) is 49.3 Å². The summed E-state index contributed by atoms with van der Waals surface area (Å²) >= 11 is 0. The van der Waals surface area contributed by atoms with Crippen LogP contribution in [0.3, 0.4) is 0 Å². The summed E-state index contributed by atoms with van der Waals surface area (Å²) in [5, 5.41) is 0. The fraction of sp³-hybridized carbons (Fsp3) is 0.615. The Balaban J connectivity index is 1.99. The van der Waals surface area contributed by atoms with Crippen LogP contribution < -0.4 is 4.90 Å². The minimum absolute atomic E-state index is 0.224. The van der Waals surface area contributed by atoms with E-state index in [0.717, 1.165) is 31.1 Å². The summed E-state index contributed by atoms with van der Waals surface area (Å²) in [6, 6.07) is 0.354. The average molecular weight is 248 g/mol. The van der Waals surface area contributed by atoms with Gasteiger partial charge in [0, 0.05) is 38.1 Å². The number of hydrogen-bond donors (Lipinski definition) is 0. The van der Waals surface area contributed by atoms with Gasteiger partial charge in [0.05, 0.1) is 6.54 Å². The quantitative estimate of drug-likeness (QED) is 0.795. The number of hydrogen-bond acceptors (Lipinski definition) is 5. The van der Waals surface area contributed by atoms with Crippen molar-refractivity contribution in [2.75, 3.05) is 31.1 Å². The lowest BCUT2D eigenvalue weighted by atomic mass is 10.2. The van der Waals surface area contributed by atoms with Gasteiger partial charge in [-0.1, -0.05) is 0 Å². The highest BCUT2D eigenvalue weighted by molar-refractivity contribution is 5.77. The first-order valence-electron chi connectivity index (χ1n) is 6.33. The molecule has 0 aromatic carbocycles. The molecule has 1 aromatic heterocycles. The fourth-order valence-corrected chi connectivity index (χ4v) is 2.25. The van der Waals surface area contributed by atoms with Gasteiger partial charge in [-0.25, -0.2) is 9.97 Å². The first-order chi connectivity index (χ1) is 8.56. The number of anilines is 1. The van der Waals surface area contributed by atoms with Gasteiger partial charge >= 0.3 is 0 Å². The third-order valence-corrected chi connectivity index (χ3v) is 3.24. The second kappa shape index (κ2) is 5.44. The summed E-state index contributed by atoms with van der Waals surface area (Å²) in [7, 11) is 0. The van der Waals surface area contributed by atoms with Crippen LogP contribution in [0.15, 0.2) is 12.4 Å². The standard InChI is InChI=1S/C13H20N4O/c1-10-6-14-13(15-7-10)17-5-4-16(9-12(3)18)11(2)8-17/h6-7,11H,4-5,8-9H2,1-3H3.